The number of nitrogens with zero attached hydrogens (tertiary/aromatic N) is 1. The third-order valence-corrected chi connectivity index (χ3v) is 6.55. The summed E-state index contributed by atoms with van der Waals surface area (Å²) in [7, 11) is -7.21. The summed E-state index contributed by atoms with van der Waals surface area (Å²) in [5, 5.41) is 10.3. The van der Waals surface area contributed by atoms with Crippen LogP contribution in [0.3, 0.4) is 0 Å². The van der Waals surface area contributed by atoms with E-state index in [2.05, 4.69) is 0 Å². The quantitative estimate of drug-likeness (QED) is 0.616. The smallest absolute Gasteiger partial charge is 0.309 e. The Morgan fingerprint density at radius 2 is 1.59 bits per heavy atom. The third kappa shape index (κ3) is 3.12. The first kappa shape index (κ1) is 16.4. The molecule has 1 unspecified atom stereocenters. The van der Waals surface area contributed by atoms with Crippen molar-refractivity contribution in [1.29, 1.82) is 0 Å². The number of pyridine rings is 1. The highest BCUT2D eigenvalue weighted by Crippen LogP contribution is 2.27. The first-order valence-electron chi connectivity index (χ1n) is 6.36. The van der Waals surface area contributed by atoms with E-state index < -0.39 is 24.9 Å². The van der Waals surface area contributed by atoms with Gasteiger partial charge in [0, 0.05) is 18.4 Å². The Kier molecular flexibility index (Phi) is 4.25. The van der Waals surface area contributed by atoms with Crippen LogP contribution in [0.4, 0.5) is 0 Å². The average Bonchev–Trinajstić information content (AvgIpc) is 2.46. The highest BCUT2D eigenvalue weighted by atomic mass is 32.2. The maximum absolute atomic E-state index is 12.5. The van der Waals surface area contributed by atoms with Crippen LogP contribution in [0, 0.1) is 5.21 Å². The van der Waals surface area contributed by atoms with Crippen LogP contribution < -0.4 is 4.73 Å². The minimum atomic E-state index is -3.87. The molecule has 8 heteroatoms. The summed E-state index contributed by atoms with van der Waals surface area (Å²) < 4.78 is 48.1. The number of hydrogen-bond acceptors (Lipinski definition) is 5. The molecule has 0 aliphatic rings. The molecule has 118 valence electrons. The molecule has 22 heavy (non-hydrogen) atoms. The minimum absolute atomic E-state index is 0.111. The molecule has 1 heterocycles. The van der Waals surface area contributed by atoms with Gasteiger partial charge in [0.1, 0.15) is 0 Å². The predicted octanol–water partition coefficient (Wildman–Crippen LogP) is 1.26. The largest absolute Gasteiger partial charge is 0.618 e. The molecule has 0 fully saturated rings. The molecule has 0 aliphatic heterocycles. The zero-order valence-electron chi connectivity index (χ0n) is 12.0. The lowest BCUT2D eigenvalue weighted by atomic mass is 10.2. The average molecular weight is 341 g/mol. The van der Waals surface area contributed by atoms with E-state index in [4.69, 9.17) is 0 Å². The SMILES string of the molecule is CC(c1ccc(S(C)(=O)=O)cc1)S(=O)(=O)c1cccc[n+]1[O-]. The molecule has 2 rings (SSSR count). The van der Waals surface area contributed by atoms with E-state index in [9.17, 15) is 22.0 Å². The maximum atomic E-state index is 12.5. The molecule has 0 saturated heterocycles. The first-order chi connectivity index (χ1) is 10.1. The molecule has 1 aromatic heterocycles. The molecule has 1 aromatic carbocycles. The van der Waals surface area contributed by atoms with Crippen LogP contribution in [-0.4, -0.2) is 23.1 Å². The Bertz CT molecular complexity index is 887. The minimum Gasteiger partial charge on any atom is -0.618 e. The van der Waals surface area contributed by atoms with Crippen molar-refractivity contribution in [3.8, 4) is 0 Å². The topological polar surface area (TPSA) is 95.2 Å². The van der Waals surface area contributed by atoms with Crippen LogP contribution in [0.5, 0.6) is 0 Å². The highest BCUT2D eigenvalue weighted by Gasteiger charge is 2.31. The number of hydrogen-bond donors (Lipinski definition) is 0. The van der Waals surface area contributed by atoms with E-state index in [0.717, 1.165) is 12.5 Å². The van der Waals surface area contributed by atoms with E-state index in [1.165, 1.54) is 49.4 Å². The van der Waals surface area contributed by atoms with E-state index in [1.54, 1.807) is 0 Å². The van der Waals surface area contributed by atoms with Crippen LogP contribution in [0.25, 0.3) is 0 Å². The Morgan fingerprint density at radius 3 is 2.09 bits per heavy atom. The van der Waals surface area contributed by atoms with Gasteiger partial charge in [0.15, 0.2) is 16.0 Å². The Hall–Kier alpha value is -1.93. The van der Waals surface area contributed by atoms with E-state index in [-0.39, 0.29) is 9.92 Å². The van der Waals surface area contributed by atoms with Gasteiger partial charge in [-0.05, 0) is 30.7 Å². The lowest BCUT2D eigenvalue weighted by Gasteiger charge is -2.13. The van der Waals surface area contributed by atoms with Gasteiger partial charge >= 0.3 is 5.03 Å². The number of rotatable bonds is 4. The Morgan fingerprint density at radius 1 is 1.00 bits per heavy atom. The second kappa shape index (κ2) is 5.69. The molecule has 1 atom stereocenters. The molecular formula is C14H15NO5S2. The van der Waals surface area contributed by atoms with Crippen molar-refractivity contribution >= 4 is 19.7 Å². The molecular weight excluding hydrogens is 326 g/mol. The fraction of sp³-hybridized carbons (Fsp3) is 0.214. The van der Waals surface area contributed by atoms with Crippen LogP contribution in [0.1, 0.15) is 17.7 Å². The molecule has 2 aromatic rings. The van der Waals surface area contributed by atoms with Crippen LogP contribution in [0.15, 0.2) is 58.6 Å². The summed E-state index contributed by atoms with van der Waals surface area (Å²) in [6.07, 6.45) is 2.19. The molecule has 0 spiro atoms. The van der Waals surface area contributed by atoms with Gasteiger partial charge in [0.05, 0.1) is 10.1 Å². The Labute approximate surface area is 129 Å². The molecule has 0 saturated carbocycles. The molecule has 0 aliphatic carbocycles. The number of aromatic nitrogens is 1. The molecule has 6 nitrogen and oxygen atoms in total. The van der Waals surface area contributed by atoms with E-state index in [1.807, 2.05) is 0 Å². The summed E-state index contributed by atoms with van der Waals surface area (Å²) in [5.74, 6) is 0. The van der Waals surface area contributed by atoms with Crippen molar-refractivity contribution in [2.45, 2.75) is 22.1 Å². The van der Waals surface area contributed by atoms with Crippen LogP contribution in [0.2, 0.25) is 0 Å². The van der Waals surface area contributed by atoms with E-state index >= 15 is 0 Å². The Balaban J connectivity index is 2.43. The van der Waals surface area contributed by atoms with Gasteiger partial charge in [-0.2, -0.15) is 4.73 Å². The van der Waals surface area contributed by atoms with Gasteiger partial charge in [0.2, 0.25) is 9.84 Å². The molecule has 0 N–H and O–H groups in total. The lowest BCUT2D eigenvalue weighted by Crippen LogP contribution is -2.34. The van der Waals surface area contributed by atoms with Gasteiger partial charge in [-0.3, -0.25) is 0 Å². The standard InChI is InChI=1S/C14H15NO5S2/c1-11(12-6-8-13(9-7-12)21(2,17)18)22(19,20)14-5-3-4-10-15(14)16/h3-11H,1-2H3. The van der Waals surface area contributed by atoms with Crippen LogP contribution in [-0.2, 0) is 19.7 Å². The monoisotopic (exact) mass is 341 g/mol. The maximum Gasteiger partial charge on any atom is 0.309 e. The molecule has 0 amide bonds. The van der Waals surface area contributed by atoms with Gasteiger partial charge < -0.3 is 5.21 Å². The third-order valence-electron chi connectivity index (χ3n) is 3.32. The predicted molar refractivity (Wildman–Crippen MR) is 80.6 cm³/mol. The molecule has 0 bridgehead atoms. The normalized spacial score (nSPS) is 13.7. The summed E-state index contributed by atoms with van der Waals surface area (Å²) >= 11 is 0. The fourth-order valence-electron chi connectivity index (χ4n) is 1.98. The zero-order chi connectivity index (χ0) is 16.5. The van der Waals surface area contributed by atoms with Crippen molar-refractivity contribution in [2.75, 3.05) is 6.26 Å². The van der Waals surface area contributed by atoms with Gasteiger partial charge in [0.25, 0.3) is 0 Å². The zero-order valence-corrected chi connectivity index (χ0v) is 13.6. The van der Waals surface area contributed by atoms with Gasteiger partial charge in [-0.1, -0.05) is 12.1 Å². The summed E-state index contributed by atoms with van der Waals surface area (Å²) in [6.45, 7) is 1.46. The van der Waals surface area contributed by atoms with Crippen LogP contribution >= 0.6 is 0 Å². The first-order valence-corrected chi connectivity index (χ1v) is 9.80. The highest BCUT2D eigenvalue weighted by molar-refractivity contribution is 7.91. The fourth-order valence-corrected chi connectivity index (χ4v) is 4.07. The summed E-state index contributed by atoms with van der Waals surface area (Å²) in [4.78, 5) is 0.111. The second-order valence-electron chi connectivity index (χ2n) is 4.89. The van der Waals surface area contributed by atoms with E-state index in [0.29, 0.717) is 10.3 Å². The molecule has 0 radical (unpaired) electrons. The van der Waals surface area contributed by atoms with Crippen molar-refractivity contribution in [3.63, 3.8) is 0 Å². The van der Waals surface area contributed by atoms with Crippen molar-refractivity contribution in [2.24, 2.45) is 0 Å². The van der Waals surface area contributed by atoms with Gasteiger partial charge in [-0.15, -0.1) is 0 Å². The lowest BCUT2D eigenvalue weighted by molar-refractivity contribution is -0.646. The number of sulfone groups is 2. The van der Waals surface area contributed by atoms with Gasteiger partial charge in [-0.25, -0.2) is 16.8 Å². The number of benzene rings is 1. The van der Waals surface area contributed by atoms with Crippen molar-refractivity contribution < 1.29 is 21.6 Å². The summed E-state index contributed by atoms with van der Waals surface area (Å²) in [6, 6.07) is 9.75. The summed E-state index contributed by atoms with van der Waals surface area (Å²) in [5.41, 5.74) is 0.413. The second-order valence-corrected chi connectivity index (χ2v) is 9.12. The van der Waals surface area contributed by atoms with Crippen molar-refractivity contribution in [3.05, 3.63) is 59.4 Å². The van der Waals surface area contributed by atoms with Crippen molar-refractivity contribution in [1.82, 2.24) is 0 Å².